The smallest absolute Gasteiger partial charge is 0.243 e. The van der Waals surface area contributed by atoms with Crippen LogP contribution >= 0.6 is 11.6 Å². The number of pyridine rings is 1. The highest BCUT2D eigenvalue weighted by Crippen LogP contribution is 2.51. The Morgan fingerprint density at radius 2 is 1.74 bits per heavy atom. The van der Waals surface area contributed by atoms with Gasteiger partial charge in [-0.15, -0.1) is 0 Å². The van der Waals surface area contributed by atoms with Crippen molar-refractivity contribution in [1.29, 1.82) is 0 Å². The van der Waals surface area contributed by atoms with E-state index < -0.39 is 15.6 Å². The van der Waals surface area contributed by atoms with E-state index in [1.807, 2.05) is 43.3 Å². The quantitative estimate of drug-likeness (QED) is 0.568. The zero-order chi connectivity index (χ0) is 21.6. The number of sulfonamides is 1. The Morgan fingerprint density at radius 1 is 1.03 bits per heavy atom. The first-order chi connectivity index (χ1) is 14.9. The molecule has 0 amide bonds. The highest BCUT2D eigenvalue weighted by molar-refractivity contribution is 7.89. The summed E-state index contributed by atoms with van der Waals surface area (Å²) in [4.78, 5) is 4.81. The van der Waals surface area contributed by atoms with Gasteiger partial charge in [0.05, 0.1) is 21.2 Å². The van der Waals surface area contributed by atoms with Gasteiger partial charge in [-0.2, -0.15) is 4.31 Å². The zero-order valence-corrected chi connectivity index (χ0v) is 18.7. The maximum absolute atomic E-state index is 13.1. The van der Waals surface area contributed by atoms with Gasteiger partial charge in [0.1, 0.15) is 6.10 Å². The van der Waals surface area contributed by atoms with Gasteiger partial charge in [-0.1, -0.05) is 53.6 Å². The van der Waals surface area contributed by atoms with Gasteiger partial charge in [-0.25, -0.2) is 8.42 Å². The maximum atomic E-state index is 13.1. The average molecular weight is 455 g/mol. The summed E-state index contributed by atoms with van der Waals surface area (Å²) in [7, 11) is -3.52. The van der Waals surface area contributed by atoms with Gasteiger partial charge in [-0.3, -0.25) is 4.98 Å². The Balaban J connectivity index is 1.42. The van der Waals surface area contributed by atoms with Crippen LogP contribution in [0.5, 0.6) is 0 Å². The standard InChI is InChI=1S/C24H23ClN2O3S/c1-17-6-9-19(10-7-17)31(28,29)27-14-12-24(13-15-27)21-5-3-2-4-20(21)23(30-24)22-11-8-18(25)16-26-22/h2-11,16,23H,12-15H2,1H3. The summed E-state index contributed by atoms with van der Waals surface area (Å²) < 4.78 is 34.5. The normalized spacial score (nSPS) is 20.6. The molecule has 160 valence electrons. The Kier molecular flexibility index (Phi) is 5.13. The van der Waals surface area contributed by atoms with E-state index in [4.69, 9.17) is 16.3 Å². The lowest BCUT2D eigenvalue weighted by Crippen LogP contribution is -2.45. The lowest BCUT2D eigenvalue weighted by molar-refractivity contribution is -0.0895. The zero-order valence-electron chi connectivity index (χ0n) is 17.2. The molecule has 1 saturated heterocycles. The minimum absolute atomic E-state index is 0.284. The van der Waals surface area contributed by atoms with Gasteiger partial charge in [0.15, 0.2) is 0 Å². The van der Waals surface area contributed by atoms with Crippen molar-refractivity contribution in [2.45, 2.75) is 36.4 Å². The largest absolute Gasteiger partial charge is 0.356 e. The lowest BCUT2D eigenvalue weighted by atomic mass is 9.84. The van der Waals surface area contributed by atoms with E-state index in [0.29, 0.717) is 35.8 Å². The second kappa shape index (κ2) is 7.71. The van der Waals surface area contributed by atoms with Gasteiger partial charge in [0, 0.05) is 19.3 Å². The first kappa shape index (κ1) is 20.6. The van der Waals surface area contributed by atoms with Crippen LogP contribution in [0.15, 0.2) is 71.8 Å². The fourth-order valence-corrected chi connectivity index (χ4v) is 6.14. The molecule has 1 spiro atoms. The Morgan fingerprint density at radius 3 is 2.42 bits per heavy atom. The number of aromatic nitrogens is 1. The molecule has 1 atom stereocenters. The first-order valence-electron chi connectivity index (χ1n) is 10.3. The lowest BCUT2D eigenvalue weighted by Gasteiger charge is -2.39. The van der Waals surface area contributed by atoms with Crippen LogP contribution in [-0.2, 0) is 20.4 Å². The van der Waals surface area contributed by atoms with Crippen LogP contribution in [0.3, 0.4) is 0 Å². The van der Waals surface area contributed by atoms with Crippen LogP contribution < -0.4 is 0 Å². The van der Waals surface area contributed by atoms with Crippen molar-refractivity contribution in [3.05, 3.63) is 94.3 Å². The Labute approximate surface area is 187 Å². The number of ether oxygens (including phenoxy) is 1. The number of benzene rings is 2. The van der Waals surface area contributed by atoms with E-state index in [9.17, 15) is 8.42 Å². The van der Waals surface area contributed by atoms with E-state index in [-0.39, 0.29) is 6.10 Å². The van der Waals surface area contributed by atoms with Gasteiger partial charge < -0.3 is 4.74 Å². The van der Waals surface area contributed by atoms with Gasteiger partial charge in [0.2, 0.25) is 10.0 Å². The molecule has 0 N–H and O–H groups in total. The third-order valence-corrected chi connectivity index (χ3v) is 8.42. The first-order valence-corrected chi connectivity index (χ1v) is 12.2. The molecule has 0 saturated carbocycles. The van der Waals surface area contributed by atoms with E-state index >= 15 is 0 Å². The third kappa shape index (κ3) is 3.57. The predicted molar refractivity (Wildman–Crippen MR) is 119 cm³/mol. The summed E-state index contributed by atoms with van der Waals surface area (Å²) in [5.74, 6) is 0. The van der Waals surface area contributed by atoms with Crippen molar-refractivity contribution in [2.75, 3.05) is 13.1 Å². The monoisotopic (exact) mass is 454 g/mol. The van der Waals surface area contributed by atoms with Crippen molar-refractivity contribution < 1.29 is 13.2 Å². The molecular formula is C24H23ClN2O3S. The molecule has 3 aromatic rings. The second-order valence-corrected chi connectivity index (χ2v) is 10.6. The molecule has 5 rings (SSSR count). The van der Waals surface area contributed by atoms with E-state index in [1.54, 1.807) is 22.6 Å². The fraction of sp³-hybridized carbons (Fsp3) is 0.292. The Bertz CT molecular complexity index is 1200. The van der Waals surface area contributed by atoms with Crippen LogP contribution in [0.4, 0.5) is 0 Å². The van der Waals surface area contributed by atoms with Crippen LogP contribution in [0, 0.1) is 6.92 Å². The van der Waals surface area contributed by atoms with Crippen molar-refractivity contribution in [3.63, 3.8) is 0 Å². The molecule has 1 unspecified atom stereocenters. The number of fused-ring (bicyclic) bond motifs is 2. The van der Waals surface area contributed by atoms with Crippen molar-refractivity contribution in [3.8, 4) is 0 Å². The summed E-state index contributed by atoms with van der Waals surface area (Å²) in [5, 5.41) is 0.583. The topological polar surface area (TPSA) is 59.5 Å². The molecule has 2 aliphatic heterocycles. The van der Waals surface area contributed by atoms with E-state index in [2.05, 4.69) is 17.1 Å². The van der Waals surface area contributed by atoms with Crippen molar-refractivity contribution in [1.82, 2.24) is 9.29 Å². The predicted octanol–water partition coefficient (Wildman–Crippen LogP) is 4.84. The number of hydrogen-bond donors (Lipinski definition) is 0. The average Bonchev–Trinajstić information content (AvgIpc) is 3.09. The van der Waals surface area contributed by atoms with Gasteiger partial charge in [-0.05, 0) is 55.2 Å². The molecule has 1 fully saturated rings. The molecule has 5 nitrogen and oxygen atoms in total. The molecule has 0 bridgehead atoms. The van der Waals surface area contributed by atoms with Crippen LogP contribution in [0.1, 0.15) is 41.3 Å². The molecule has 3 heterocycles. The summed E-state index contributed by atoms with van der Waals surface area (Å²) in [6, 6.07) is 18.9. The molecule has 2 aromatic carbocycles. The SMILES string of the molecule is Cc1ccc(S(=O)(=O)N2CCC3(CC2)OC(c2ccc(Cl)cn2)c2ccccc23)cc1. The number of hydrogen-bond acceptors (Lipinski definition) is 4. The fourth-order valence-electron chi connectivity index (χ4n) is 4.59. The number of piperidine rings is 1. The Hall–Kier alpha value is -2.25. The van der Waals surface area contributed by atoms with Crippen LogP contribution in [-0.4, -0.2) is 30.8 Å². The van der Waals surface area contributed by atoms with E-state index in [1.165, 1.54) is 0 Å². The van der Waals surface area contributed by atoms with Gasteiger partial charge in [0.25, 0.3) is 0 Å². The molecule has 7 heteroatoms. The molecule has 31 heavy (non-hydrogen) atoms. The van der Waals surface area contributed by atoms with Crippen molar-refractivity contribution in [2.24, 2.45) is 0 Å². The number of aryl methyl sites for hydroxylation is 1. The summed E-state index contributed by atoms with van der Waals surface area (Å²) in [6.45, 7) is 2.76. The number of nitrogens with zero attached hydrogens (tertiary/aromatic N) is 2. The molecule has 1 aromatic heterocycles. The number of rotatable bonds is 3. The second-order valence-electron chi connectivity index (χ2n) is 8.20. The van der Waals surface area contributed by atoms with Crippen LogP contribution in [0.2, 0.25) is 5.02 Å². The maximum Gasteiger partial charge on any atom is 0.243 e. The molecule has 0 radical (unpaired) electrons. The minimum Gasteiger partial charge on any atom is -0.356 e. The summed E-state index contributed by atoms with van der Waals surface area (Å²) >= 11 is 6.01. The highest BCUT2D eigenvalue weighted by atomic mass is 35.5. The summed E-state index contributed by atoms with van der Waals surface area (Å²) in [5.41, 5.74) is 3.55. The minimum atomic E-state index is -3.52. The summed E-state index contributed by atoms with van der Waals surface area (Å²) in [6.07, 6.45) is 2.54. The molecular weight excluding hydrogens is 432 g/mol. The third-order valence-electron chi connectivity index (χ3n) is 6.29. The van der Waals surface area contributed by atoms with Crippen molar-refractivity contribution >= 4 is 21.6 Å². The molecule has 0 aliphatic carbocycles. The van der Waals surface area contributed by atoms with Gasteiger partial charge >= 0.3 is 0 Å². The van der Waals surface area contributed by atoms with E-state index in [0.717, 1.165) is 22.4 Å². The highest BCUT2D eigenvalue weighted by Gasteiger charge is 2.48. The molecule has 2 aliphatic rings. The van der Waals surface area contributed by atoms with Crippen LogP contribution in [0.25, 0.3) is 0 Å². The number of halogens is 1.